The summed E-state index contributed by atoms with van der Waals surface area (Å²) in [6, 6.07) is 193. The maximum atomic E-state index is 6.52. The van der Waals surface area contributed by atoms with Crippen LogP contribution in [-0.2, 0) is 16.2 Å². The molecule has 4 nitrogen and oxygen atoms in total. The predicted molar refractivity (Wildman–Crippen MR) is 626 cm³/mol. The topological polar surface area (TPSA) is 22.9 Å². The Morgan fingerprint density at radius 2 is 0.490 bits per heavy atom. The van der Waals surface area contributed by atoms with E-state index >= 15 is 0 Å². The second-order valence-corrected chi connectivity index (χ2v) is 42.1. The molecule has 6 heteroatoms. The van der Waals surface area contributed by atoms with Crippen molar-refractivity contribution < 1.29 is 4.42 Å². The SMILES string of the molecule is CC1(C)c2cc(N(c3ccccc3)c3ccc(-c4ccc5ccccc5c4)cc3)ccc2-c2c1ccc1c2oc2ccccc21.CC1(C)c2cc(N(c3ccccc3)c3ccc(-c4ccc5ccccc5c4)cc3)ccc2-c2c1ccc1c2sc2ccccc21.c1ccc(-c2ccc(N(c3ccc(-c4ccccc4)cc3)c3ccc4c(c3)C(c3ccccc3)(c3ccccc3)c3ccc5c(sc6ccccc65)c3-4)cc2)cc1. The quantitative estimate of drug-likeness (QED) is 0.102. The fraction of sp³-hybridized carbons (Fsp3) is 0.0496. The molecule has 0 N–H and O–H groups in total. The molecule has 26 aromatic rings. The first-order valence-electron chi connectivity index (χ1n) is 50.8. The largest absolute Gasteiger partial charge is 0.455 e. The van der Waals surface area contributed by atoms with E-state index in [9.17, 15) is 0 Å². The average molecular weight is 1920 g/mol. The van der Waals surface area contributed by atoms with Crippen molar-refractivity contribution in [3.05, 3.63) is 572 Å². The van der Waals surface area contributed by atoms with Crippen LogP contribution in [-0.4, -0.2) is 0 Å². The monoisotopic (exact) mass is 1910 g/mol. The summed E-state index contributed by atoms with van der Waals surface area (Å²) in [4.78, 5) is 7.17. The van der Waals surface area contributed by atoms with Gasteiger partial charge in [-0.1, -0.05) is 416 Å². The van der Waals surface area contributed by atoms with Crippen LogP contribution in [0.2, 0.25) is 0 Å². The van der Waals surface area contributed by atoms with E-state index in [0.717, 1.165) is 56.7 Å². The van der Waals surface area contributed by atoms with Gasteiger partial charge < -0.3 is 19.1 Å². The minimum Gasteiger partial charge on any atom is -0.455 e. The maximum absolute atomic E-state index is 6.52. The van der Waals surface area contributed by atoms with E-state index in [0.29, 0.717) is 0 Å². The number of rotatable bonds is 15. The standard InChI is InChI=1S/C55H37NS.C43H31NO.C43H31NS/c1-5-15-38(16-6-1)40-25-29-44(30-26-40)56(45-31-27-41(28-32-45)39-17-7-2-8-18-39)46-33-34-49-51(37-46)55(42-19-9-3-10-20-42,43-21-11-4-12-22-43)50-36-35-48-47-23-13-14-24-52(47)57-54(48)53(49)50;2*1-43(2)38-25-24-36-35-14-8-9-15-40(35)45-42(36)41(38)37-23-22-34(27-39(37)43)44(32-12-4-3-5-13-32)33-20-18-29(19-21-33)31-17-16-28-10-6-7-11-30(28)26-31/h1-37H;2*3-27H,1-2H3. The molecule has 0 unspecified atom stereocenters. The molecule has 29 rings (SSSR count). The molecule has 0 fully saturated rings. The van der Waals surface area contributed by atoms with Crippen LogP contribution in [0.3, 0.4) is 0 Å². The van der Waals surface area contributed by atoms with Crippen molar-refractivity contribution in [2.24, 2.45) is 0 Å². The molecule has 0 saturated carbocycles. The molecular weight excluding hydrogens is 1820 g/mol. The zero-order chi connectivity index (χ0) is 98.0. The van der Waals surface area contributed by atoms with Crippen molar-refractivity contribution in [2.75, 3.05) is 14.7 Å². The number of furan rings is 1. The van der Waals surface area contributed by atoms with Gasteiger partial charge in [-0.2, -0.15) is 0 Å². The Morgan fingerprint density at radius 3 is 0.925 bits per heavy atom. The summed E-state index contributed by atoms with van der Waals surface area (Å²) in [7, 11) is 0. The zero-order valence-electron chi connectivity index (χ0n) is 81.8. The van der Waals surface area contributed by atoms with Gasteiger partial charge in [-0.25, -0.2) is 0 Å². The fourth-order valence-electron chi connectivity index (χ4n) is 23.8. The van der Waals surface area contributed by atoms with Gasteiger partial charge in [-0.05, 0) is 267 Å². The smallest absolute Gasteiger partial charge is 0.143 e. The van der Waals surface area contributed by atoms with Crippen molar-refractivity contribution in [3.63, 3.8) is 0 Å². The van der Waals surface area contributed by atoms with Gasteiger partial charge in [0.15, 0.2) is 0 Å². The van der Waals surface area contributed by atoms with Crippen molar-refractivity contribution in [2.45, 2.75) is 43.9 Å². The summed E-state index contributed by atoms with van der Waals surface area (Å²) in [6.07, 6.45) is 0. The first-order valence-corrected chi connectivity index (χ1v) is 52.4. The molecule has 0 radical (unpaired) electrons. The summed E-state index contributed by atoms with van der Waals surface area (Å²) in [6.45, 7) is 9.43. The molecule has 3 aromatic heterocycles. The van der Waals surface area contributed by atoms with E-state index in [4.69, 9.17) is 4.42 Å². The Morgan fingerprint density at radius 1 is 0.190 bits per heavy atom. The van der Waals surface area contributed by atoms with Crippen LogP contribution < -0.4 is 14.7 Å². The third-order valence-corrected chi connectivity index (χ3v) is 33.5. The molecule has 0 saturated heterocycles. The van der Waals surface area contributed by atoms with Crippen LogP contribution in [0.5, 0.6) is 0 Å². The predicted octanol–water partition coefficient (Wildman–Crippen LogP) is 40.1. The maximum Gasteiger partial charge on any atom is 0.143 e. The minimum atomic E-state index is -0.534. The highest BCUT2D eigenvalue weighted by atomic mass is 32.1. The molecule has 3 heterocycles. The van der Waals surface area contributed by atoms with Crippen LogP contribution in [0.1, 0.15) is 72.2 Å². The summed E-state index contributed by atoms with van der Waals surface area (Å²) in [5.41, 5.74) is 39.4. The van der Waals surface area contributed by atoms with Gasteiger partial charge in [-0.3, -0.25) is 0 Å². The Balaban J connectivity index is 0.000000110. The first-order chi connectivity index (χ1) is 72.4. The van der Waals surface area contributed by atoms with Crippen LogP contribution in [0.25, 0.3) is 162 Å². The average Bonchev–Trinajstić information content (AvgIpc) is 1.52. The highest BCUT2D eigenvalue weighted by Gasteiger charge is 2.48. The summed E-state index contributed by atoms with van der Waals surface area (Å²) in [5, 5.41) is 12.7. The molecule has 0 aliphatic heterocycles. The van der Waals surface area contributed by atoms with Crippen molar-refractivity contribution in [1.82, 2.24) is 0 Å². The summed E-state index contributed by atoms with van der Waals surface area (Å²) >= 11 is 3.84. The molecule has 3 aliphatic carbocycles. The summed E-state index contributed by atoms with van der Waals surface area (Å²) in [5.74, 6) is 0. The second kappa shape index (κ2) is 36.0. The van der Waals surface area contributed by atoms with Crippen molar-refractivity contribution >= 4 is 158 Å². The summed E-state index contributed by atoms with van der Waals surface area (Å²) < 4.78 is 11.9. The Kier molecular flexibility index (Phi) is 21.6. The Bertz CT molecular complexity index is 9100. The lowest BCUT2D eigenvalue weighted by Crippen LogP contribution is -2.28. The molecule has 0 bridgehead atoms. The molecule has 696 valence electrons. The molecule has 0 atom stereocenters. The number of nitrogens with zero attached hydrogens (tertiary/aromatic N) is 3. The fourth-order valence-corrected chi connectivity index (χ4v) is 26.4. The normalized spacial score (nSPS) is 13.1. The van der Waals surface area contributed by atoms with Gasteiger partial charge in [0.25, 0.3) is 0 Å². The number of benzene rings is 23. The van der Waals surface area contributed by atoms with Crippen LogP contribution in [0, 0.1) is 0 Å². The number of fused-ring (bicyclic) bond motifs is 23. The lowest BCUT2D eigenvalue weighted by Gasteiger charge is -2.35. The first kappa shape index (κ1) is 88.2. The van der Waals surface area contributed by atoms with Crippen LogP contribution in [0.4, 0.5) is 51.2 Å². The van der Waals surface area contributed by atoms with Gasteiger partial charge in [0.05, 0.1) is 5.41 Å². The molecule has 147 heavy (non-hydrogen) atoms. The van der Waals surface area contributed by atoms with E-state index in [2.05, 4.69) is 564 Å². The highest BCUT2D eigenvalue weighted by molar-refractivity contribution is 7.26. The van der Waals surface area contributed by atoms with Crippen molar-refractivity contribution in [1.29, 1.82) is 0 Å². The van der Waals surface area contributed by atoms with E-state index < -0.39 is 5.41 Å². The zero-order valence-corrected chi connectivity index (χ0v) is 83.4. The Hall–Kier alpha value is -17.8. The van der Waals surface area contributed by atoms with Gasteiger partial charge in [0.2, 0.25) is 0 Å². The van der Waals surface area contributed by atoms with E-state index in [-0.39, 0.29) is 10.8 Å². The highest BCUT2D eigenvalue weighted by Crippen LogP contribution is 2.63. The lowest BCUT2D eigenvalue weighted by molar-refractivity contribution is 0.653. The number of thiophene rings is 2. The molecule has 0 spiro atoms. The van der Waals surface area contributed by atoms with Gasteiger partial charge in [0.1, 0.15) is 11.2 Å². The number of hydrogen-bond acceptors (Lipinski definition) is 6. The molecule has 0 amide bonds. The van der Waals surface area contributed by atoms with Gasteiger partial charge in [-0.15, -0.1) is 22.7 Å². The van der Waals surface area contributed by atoms with Crippen molar-refractivity contribution in [3.8, 4) is 77.9 Å². The number of para-hydroxylation sites is 3. The number of anilines is 9. The Labute approximate surface area is 864 Å². The molecule has 23 aromatic carbocycles. The van der Waals surface area contributed by atoms with Crippen LogP contribution >= 0.6 is 22.7 Å². The third-order valence-electron chi connectivity index (χ3n) is 31.1. The molecular formula is C141H99N3OS2. The van der Waals surface area contributed by atoms with E-state index in [1.807, 2.05) is 28.7 Å². The van der Waals surface area contributed by atoms with E-state index in [1.165, 1.54) is 201 Å². The van der Waals surface area contributed by atoms with Gasteiger partial charge in [0, 0.05) is 130 Å². The minimum absolute atomic E-state index is 0.104. The lowest BCUT2D eigenvalue weighted by atomic mass is 9.67. The third kappa shape index (κ3) is 15.0. The van der Waals surface area contributed by atoms with E-state index in [1.54, 1.807) is 0 Å². The molecule has 3 aliphatic rings. The van der Waals surface area contributed by atoms with Gasteiger partial charge >= 0.3 is 0 Å². The number of hydrogen-bond donors (Lipinski definition) is 0. The second-order valence-electron chi connectivity index (χ2n) is 40.0. The van der Waals surface area contributed by atoms with Crippen LogP contribution in [0.15, 0.2) is 532 Å².